The van der Waals surface area contributed by atoms with E-state index in [0.29, 0.717) is 36.6 Å². The molecule has 0 bridgehead atoms. The fourth-order valence-corrected chi connectivity index (χ4v) is 2.87. The standard InChI is InChI=1S/C19H22N4O3/c1-26-17-8-7-14(11-16(17)23-10-9-21-19(23)25)18(24)22-12-15(20)13-5-3-2-4-6-13/h2-8,11,15H,9-10,12,20H2,1H3,(H,21,25)(H,22,24). The number of rotatable bonds is 6. The van der Waals surface area contributed by atoms with Gasteiger partial charge >= 0.3 is 6.03 Å². The van der Waals surface area contributed by atoms with Crippen molar-refractivity contribution >= 4 is 17.6 Å². The molecular weight excluding hydrogens is 332 g/mol. The minimum Gasteiger partial charge on any atom is -0.495 e. The lowest BCUT2D eigenvalue weighted by molar-refractivity contribution is 0.0951. The van der Waals surface area contributed by atoms with E-state index < -0.39 is 0 Å². The Balaban J connectivity index is 1.72. The van der Waals surface area contributed by atoms with Gasteiger partial charge < -0.3 is 21.1 Å². The van der Waals surface area contributed by atoms with Crippen LogP contribution in [0.1, 0.15) is 22.0 Å². The van der Waals surface area contributed by atoms with Gasteiger partial charge in [0.15, 0.2) is 0 Å². The van der Waals surface area contributed by atoms with Crippen LogP contribution in [0, 0.1) is 0 Å². The number of benzene rings is 2. The third-order valence-electron chi connectivity index (χ3n) is 4.30. The zero-order valence-corrected chi connectivity index (χ0v) is 14.6. The first-order chi connectivity index (χ1) is 12.6. The summed E-state index contributed by atoms with van der Waals surface area (Å²) in [5.74, 6) is 0.291. The fraction of sp³-hybridized carbons (Fsp3) is 0.263. The van der Waals surface area contributed by atoms with Crippen molar-refractivity contribution in [3.8, 4) is 5.75 Å². The summed E-state index contributed by atoms with van der Waals surface area (Å²) in [6, 6.07) is 14.1. The zero-order chi connectivity index (χ0) is 18.5. The summed E-state index contributed by atoms with van der Waals surface area (Å²) < 4.78 is 5.32. The van der Waals surface area contributed by atoms with Gasteiger partial charge in [-0.2, -0.15) is 0 Å². The molecule has 1 heterocycles. The molecule has 4 N–H and O–H groups in total. The van der Waals surface area contributed by atoms with Crippen molar-refractivity contribution < 1.29 is 14.3 Å². The first-order valence-corrected chi connectivity index (χ1v) is 8.42. The number of amides is 3. The van der Waals surface area contributed by atoms with E-state index in [1.807, 2.05) is 30.3 Å². The molecule has 136 valence electrons. The second-order valence-electron chi connectivity index (χ2n) is 6.00. The number of urea groups is 1. The maximum atomic E-state index is 12.5. The van der Waals surface area contributed by atoms with Crippen LogP contribution in [-0.2, 0) is 0 Å². The number of nitrogens with two attached hydrogens (primary N) is 1. The Kier molecular flexibility index (Phi) is 5.38. The molecule has 2 aromatic rings. The smallest absolute Gasteiger partial charge is 0.322 e. The van der Waals surface area contributed by atoms with E-state index in [-0.39, 0.29) is 18.0 Å². The molecule has 0 saturated carbocycles. The molecule has 1 saturated heterocycles. The molecule has 0 radical (unpaired) electrons. The second-order valence-corrected chi connectivity index (χ2v) is 6.00. The van der Waals surface area contributed by atoms with Gasteiger partial charge in [-0.25, -0.2) is 4.79 Å². The van der Waals surface area contributed by atoms with Gasteiger partial charge in [0.25, 0.3) is 5.91 Å². The van der Waals surface area contributed by atoms with Gasteiger partial charge in [0.2, 0.25) is 0 Å². The predicted octanol–water partition coefficient (Wildman–Crippen LogP) is 1.65. The lowest BCUT2D eigenvalue weighted by Gasteiger charge is -2.19. The molecule has 1 unspecified atom stereocenters. The van der Waals surface area contributed by atoms with Crippen molar-refractivity contribution in [1.29, 1.82) is 0 Å². The molecule has 2 aromatic carbocycles. The molecule has 7 heteroatoms. The van der Waals surface area contributed by atoms with Crippen LogP contribution in [-0.4, -0.2) is 38.7 Å². The van der Waals surface area contributed by atoms with E-state index in [2.05, 4.69) is 10.6 Å². The SMILES string of the molecule is COc1ccc(C(=O)NCC(N)c2ccccc2)cc1N1CCNC1=O. The monoisotopic (exact) mass is 354 g/mol. The molecular formula is C19H22N4O3. The predicted molar refractivity (Wildman–Crippen MR) is 99.4 cm³/mol. The summed E-state index contributed by atoms with van der Waals surface area (Å²) in [7, 11) is 1.53. The number of anilines is 1. The number of carbonyl (C=O) groups excluding carboxylic acids is 2. The molecule has 1 aliphatic rings. The number of hydrogen-bond donors (Lipinski definition) is 3. The number of ether oxygens (including phenoxy) is 1. The van der Waals surface area contributed by atoms with Crippen molar-refractivity contribution in [3.05, 3.63) is 59.7 Å². The quantitative estimate of drug-likeness (QED) is 0.735. The van der Waals surface area contributed by atoms with Crippen molar-refractivity contribution in [3.63, 3.8) is 0 Å². The van der Waals surface area contributed by atoms with E-state index in [0.717, 1.165) is 5.56 Å². The summed E-state index contributed by atoms with van der Waals surface area (Å²) in [6.07, 6.45) is 0. The Labute approximate surface area is 152 Å². The number of nitrogens with one attached hydrogen (secondary N) is 2. The molecule has 3 amide bonds. The van der Waals surface area contributed by atoms with Crippen LogP contribution in [0.4, 0.5) is 10.5 Å². The van der Waals surface area contributed by atoms with Crippen LogP contribution in [0.2, 0.25) is 0 Å². The van der Waals surface area contributed by atoms with Crippen LogP contribution in [0.15, 0.2) is 48.5 Å². The van der Waals surface area contributed by atoms with E-state index in [9.17, 15) is 9.59 Å². The first-order valence-electron chi connectivity index (χ1n) is 8.42. The van der Waals surface area contributed by atoms with Crippen molar-refractivity contribution in [2.24, 2.45) is 5.73 Å². The number of nitrogens with zero attached hydrogens (tertiary/aromatic N) is 1. The van der Waals surface area contributed by atoms with Crippen LogP contribution in [0.25, 0.3) is 0 Å². The highest BCUT2D eigenvalue weighted by atomic mass is 16.5. The molecule has 26 heavy (non-hydrogen) atoms. The molecule has 1 atom stereocenters. The van der Waals surface area contributed by atoms with Crippen LogP contribution >= 0.6 is 0 Å². The third kappa shape index (κ3) is 3.78. The molecule has 0 aromatic heterocycles. The van der Waals surface area contributed by atoms with E-state index >= 15 is 0 Å². The Bertz CT molecular complexity index is 795. The van der Waals surface area contributed by atoms with Crippen LogP contribution in [0.5, 0.6) is 5.75 Å². The molecule has 1 aliphatic heterocycles. The molecule has 0 spiro atoms. The fourth-order valence-electron chi connectivity index (χ4n) is 2.87. The minimum absolute atomic E-state index is 0.202. The minimum atomic E-state index is -0.290. The zero-order valence-electron chi connectivity index (χ0n) is 14.6. The Morgan fingerprint density at radius 1 is 1.31 bits per heavy atom. The van der Waals surface area contributed by atoms with Crippen molar-refractivity contribution in [2.45, 2.75) is 6.04 Å². The highest BCUT2D eigenvalue weighted by molar-refractivity contribution is 5.99. The van der Waals surface area contributed by atoms with E-state index in [4.69, 9.17) is 10.5 Å². The molecule has 1 fully saturated rings. The highest BCUT2D eigenvalue weighted by Crippen LogP contribution is 2.30. The summed E-state index contributed by atoms with van der Waals surface area (Å²) >= 11 is 0. The van der Waals surface area contributed by atoms with Crippen molar-refractivity contribution in [2.75, 3.05) is 31.6 Å². The average Bonchev–Trinajstić information content (AvgIpc) is 3.11. The number of hydrogen-bond acceptors (Lipinski definition) is 4. The van der Waals surface area contributed by atoms with Gasteiger partial charge in [-0.05, 0) is 23.8 Å². The van der Waals surface area contributed by atoms with Gasteiger partial charge in [0.1, 0.15) is 5.75 Å². The van der Waals surface area contributed by atoms with Crippen molar-refractivity contribution in [1.82, 2.24) is 10.6 Å². The Morgan fingerprint density at radius 3 is 2.73 bits per heavy atom. The van der Waals surface area contributed by atoms with Gasteiger partial charge in [0.05, 0.1) is 12.8 Å². The van der Waals surface area contributed by atoms with Gasteiger partial charge in [-0.15, -0.1) is 0 Å². The third-order valence-corrected chi connectivity index (χ3v) is 4.30. The highest BCUT2D eigenvalue weighted by Gasteiger charge is 2.25. The lowest BCUT2D eigenvalue weighted by atomic mass is 10.1. The molecule has 7 nitrogen and oxygen atoms in total. The maximum Gasteiger partial charge on any atom is 0.322 e. The Hall–Kier alpha value is -3.06. The first kappa shape index (κ1) is 17.8. The molecule has 3 rings (SSSR count). The Morgan fingerprint density at radius 2 is 2.08 bits per heavy atom. The summed E-state index contributed by atoms with van der Waals surface area (Å²) in [6.45, 7) is 1.40. The van der Waals surface area contributed by atoms with Crippen LogP contribution < -0.4 is 26.0 Å². The maximum absolute atomic E-state index is 12.5. The largest absolute Gasteiger partial charge is 0.495 e. The summed E-state index contributed by atoms with van der Waals surface area (Å²) in [5.41, 5.74) is 8.09. The number of carbonyl (C=O) groups is 2. The van der Waals surface area contributed by atoms with E-state index in [1.165, 1.54) is 7.11 Å². The average molecular weight is 354 g/mol. The normalized spacial score (nSPS) is 14.7. The second kappa shape index (κ2) is 7.88. The molecule has 0 aliphatic carbocycles. The topological polar surface area (TPSA) is 96.7 Å². The van der Waals surface area contributed by atoms with Crippen LogP contribution in [0.3, 0.4) is 0 Å². The summed E-state index contributed by atoms with van der Waals surface area (Å²) in [5, 5.41) is 5.58. The van der Waals surface area contributed by atoms with Gasteiger partial charge in [-0.3, -0.25) is 9.69 Å². The summed E-state index contributed by atoms with van der Waals surface area (Å²) in [4.78, 5) is 26.0. The van der Waals surface area contributed by atoms with E-state index in [1.54, 1.807) is 23.1 Å². The number of methoxy groups -OCH3 is 1. The lowest BCUT2D eigenvalue weighted by Crippen LogP contribution is -2.32. The van der Waals surface area contributed by atoms with Gasteiger partial charge in [0, 0.05) is 31.2 Å². The van der Waals surface area contributed by atoms with Gasteiger partial charge in [-0.1, -0.05) is 30.3 Å².